The lowest BCUT2D eigenvalue weighted by Gasteiger charge is -2.22. The molecule has 2 rings (SSSR count). The fraction of sp³-hybridized carbons (Fsp3) is 0.462. The van der Waals surface area contributed by atoms with Crippen molar-refractivity contribution in [3.05, 3.63) is 29.8 Å². The number of hydrogen-bond donors (Lipinski definition) is 1. The fourth-order valence-corrected chi connectivity index (χ4v) is 2.47. The Bertz CT molecular complexity index is 487. The van der Waals surface area contributed by atoms with Gasteiger partial charge in [0.2, 0.25) is 0 Å². The van der Waals surface area contributed by atoms with Crippen LogP contribution in [0.5, 0.6) is 0 Å². The van der Waals surface area contributed by atoms with E-state index in [1.54, 1.807) is 6.92 Å². The summed E-state index contributed by atoms with van der Waals surface area (Å²) in [6.45, 7) is 2.18. The van der Waals surface area contributed by atoms with Gasteiger partial charge in [-0.25, -0.2) is 0 Å². The van der Waals surface area contributed by atoms with E-state index in [1.807, 2.05) is 0 Å². The van der Waals surface area contributed by atoms with Crippen LogP contribution in [0, 0.1) is 11.8 Å². The number of benzene rings is 1. The molecule has 0 unspecified atom stereocenters. The van der Waals surface area contributed by atoms with Gasteiger partial charge in [-0.05, 0) is 18.1 Å². The van der Waals surface area contributed by atoms with Gasteiger partial charge in [0.05, 0.1) is 11.5 Å². The minimum absolute atomic E-state index is 0.0607. The Kier molecular flexibility index (Phi) is 3.43. The zero-order valence-corrected chi connectivity index (χ0v) is 10.3. The van der Waals surface area contributed by atoms with Crippen LogP contribution < -0.4 is 4.90 Å². The Morgan fingerprint density at radius 3 is 2.47 bits per heavy atom. The first-order chi connectivity index (χ1) is 8.80. The van der Waals surface area contributed by atoms with Crippen LogP contribution in [0.25, 0.3) is 0 Å². The molecular weight excluding hydrogens is 259 g/mol. The van der Waals surface area contributed by atoms with Crippen molar-refractivity contribution in [2.45, 2.75) is 13.1 Å². The zero-order chi connectivity index (χ0) is 14.2. The molecule has 0 aliphatic carbocycles. The fourth-order valence-electron chi connectivity index (χ4n) is 2.47. The first-order valence-corrected chi connectivity index (χ1v) is 5.94. The van der Waals surface area contributed by atoms with Gasteiger partial charge < -0.3 is 10.0 Å². The molecule has 104 valence electrons. The lowest BCUT2D eigenvalue weighted by atomic mass is 9.99. The van der Waals surface area contributed by atoms with E-state index in [0.717, 1.165) is 6.07 Å². The van der Waals surface area contributed by atoms with Crippen LogP contribution in [0.1, 0.15) is 12.5 Å². The second-order valence-electron chi connectivity index (χ2n) is 4.84. The van der Waals surface area contributed by atoms with Gasteiger partial charge in [0.15, 0.2) is 0 Å². The number of rotatable bonds is 2. The minimum Gasteiger partial charge on any atom is -0.481 e. The van der Waals surface area contributed by atoms with E-state index in [1.165, 1.54) is 23.1 Å². The maximum atomic E-state index is 12.9. The van der Waals surface area contributed by atoms with Gasteiger partial charge in [0.25, 0.3) is 0 Å². The lowest BCUT2D eigenvalue weighted by Crippen LogP contribution is -2.25. The second kappa shape index (κ2) is 4.75. The summed E-state index contributed by atoms with van der Waals surface area (Å²) < 4.78 is 38.7. The van der Waals surface area contributed by atoms with Gasteiger partial charge in [-0.1, -0.05) is 19.1 Å². The van der Waals surface area contributed by atoms with Gasteiger partial charge >= 0.3 is 12.1 Å². The number of carboxylic acid groups (broad SMARTS) is 1. The summed E-state index contributed by atoms with van der Waals surface area (Å²) in [5.41, 5.74) is -0.654. The Hall–Kier alpha value is -1.72. The first kappa shape index (κ1) is 13.7. The van der Waals surface area contributed by atoms with Crippen LogP contribution in [-0.2, 0) is 11.0 Å². The van der Waals surface area contributed by atoms with Crippen molar-refractivity contribution in [2.75, 3.05) is 18.0 Å². The highest BCUT2D eigenvalue weighted by Gasteiger charge is 2.39. The third kappa shape index (κ3) is 2.67. The number of para-hydroxylation sites is 1. The van der Waals surface area contributed by atoms with Crippen LogP contribution in [0.15, 0.2) is 24.3 Å². The minimum atomic E-state index is -4.43. The summed E-state index contributed by atoms with van der Waals surface area (Å²) >= 11 is 0. The Morgan fingerprint density at radius 1 is 1.32 bits per heavy atom. The van der Waals surface area contributed by atoms with Crippen LogP contribution in [0.3, 0.4) is 0 Å². The second-order valence-corrected chi connectivity index (χ2v) is 4.84. The quantitative estimate of drug-likeness (QED) is 0.900. The molecule has 0 bridgehead atoms. The molecular formula is C13H14F3NO2. The van der Waals surface area contributed by atoms with Gasteiger partial charge in [-0.3, -0.25) is 4.79 Å². The Labute approximate surface area is 108 Å². The van der Waals surface area contributed by atoms with E-state index in [0.29, 0.717) is 6.54 Å². The molecule has 2 atom stereocenters. The van der Waals surface area contributed by atoms with E-state index in [-0.39, 0.29) is 18.2 Å². The average molecular weight is 273 g/mol. The Balaban J connectivity index is 2.32. The van der Waals surface area contributed by atoms with Crippen LogP contribution in [-0.4, -0.2) is 24.2 Å². The third-order valence-electron chi connectivity index (χ3n) is 3.48. The van der Waals surface area contributed by atoms with E-state index in [9.17, 15) is 18.0 Å². The number of nitrogens with zero attached hydrogens (tertiary/aromatic N) is 1. The first-order valence-electron chi connectivity index (χ1n) is 5.94. The van der Waals surface area contributed by atoms with E-state index in [2.05, 4.69) is 0 Å². The van der Waals surface area contributed by atoms with Gasteiger partial charge in [-0.15, -0.1) is 0 Å². The van der Waals surface area contributed by atoms with Crippen molar-refractivity contribution in [3.63, 3.8) is 0 Å². The average Bonchev–Trinajstić information content (AvgIpc) is 2.70. The molecule has 0 amide bonds. The Morgan fingerprint density at radius 2 is 1.95 bits per heavy atom. The molecule has 19 heavy (non-hydrogen) atoms. The van der Waals surface area contributed by atoms with E-state index >= 15 is 0 Å². The number of halogens is 3. The summed E-state index contributed by atoms with van der Waals surface area (Å²) in [5, 5.41) is 9.03. The molecule has 0 saturated carbocycles. The van der Waals surface area contributed by atoms with Crippen molar-refractivity contribution in [3.8, 4) is 0 Å². The van der Waals surface area contributed by atoms with Gasteiger partial charge in [0.1, 0.15) is 0 Å². The molecule has 3 nitrogen and oxygen atoms in total. The molecule has 1 N–H and O–H groups in total. The SMILES string of the molecule is C[C@@H]1CN(c2ccccc2C(F)(F)F)C[C@H]1C(=O)O. The number of aliphatic carboxylic acids is 1. The number of hydrogen-bond acceptors (Lipinski definition) is 2. The van der Waals surface area contributed by atoms with E-state index < -0.39 is 23.6 Å². The predicted octanol–water partition coefficient (Wildman–Crippen LogP) is 2.86. The van der Waals surface area contributed by atoms with Crippen molar-refractivity contribution in [2.24, 2.45) is 11.8 Å². The highest BCUT2D eigenvalue weighted by molar-refractivity contribution is 5.73. The summed E-state index contributed by atoms with van der Waals surface area (Å²) in [4.78, 5) is 12.5. The molecule has 1 aromatic rings. The topological polar surface area (TPSA) is 40.5 Å². The van der Waals surface area contributed by atoms with Crippen LogP contribution in [0.2, 0.25) is 0 Å². The molecule has 6 heteroatoms. The van der Waals surface area contributed by atoms with Crippen LogP contribution >= 0.6 is 0 Å². The predicted molar refractivity (Wildman–Crippen MR) is 63.9 cm³/mol. The molecule has 0 spiro atoms. The smallest absolute Gasteiger partial charge is 0.418 e. The molecule has 1 aliphatic heterocycles. The number of anilines is 1. The van der Waals surface area contributed by atoms with Crippen molar-refractivity contribution >= 4 is 11.7 Å². The highest BCUT2D eigenvalue weighted by atomic mass is 19.4. The maximum absolute atomic E-state index is 12.9. The number of carboxylic acids is 1. The monoisotopic (exact) mass is 273 g/mol. The van der Waals surface area contributed by atoms with Gasteiger partial charge in [0, 0.05) is 18.8 Å². The largest absolute Gasteiger partial charge is 0.481 e. The molecule has 0 radical (unpaired) electrons. The normalized spacial score (nSPS) is 23.7. The van der Waals surface area contributed by atoms with E-state index in [4.69, 9.17) is 5.11 Å². The molecule has 1 aliphatic rings. The third-order valence-corrected chi connectivity index (χ3v) is 3.48. The summed E-state index contributed by atoms with van der Waals surface area (Å²) in [6, 6.07) is 5.28. The van der Waals surface area contributed by atoms with Crippen molar-refractivity contribution < 1.29 is 23.1 Å². The summed E-state index contributed by atoms with van der Waals surface area (Å²) in [7, 11) is 0. The molecule has 1 fully saturated rings. The number of alkyl halides is 3. The summed E-state index contributed by atoms with van der Waals surface area (Å²) in [5.74, 6) is -1.75. The zero-order valence-electron chi connectivity index (χ0n) is 10.3. The maximum Gasteiger partial charge on any atom is 0.418 e. The van der Waals surface area contributed by atoms with Crippen molar-refractivity contribution in [1.82, 2.24) is 0 Å². The highest BCUT2D eigenvalue weighted by Crippen LogP contribution is 2.39. The summed E-state index contributed by atoms with van der Waals surface area (Å²) in [6.07, 6.45) is -4.43. The lowest BCUT2D eigenvalue weighted by molar-refractivity contribution is -0.142. The van der Waals surface area contributed by atoms with Crippen molar-refractivity contribution in [1.29, 1.82) is 0 Å². The van der Waals surface area contributed by atoms with Gasteiger partial charge in [-0.2, -0.15) is 13.2 Å². The molecule has 0 aromatic heterocycles. The molecule has 1 aromatic carbocycles. The molecule has 1 saturated heterocycles. The number of carbonyl (C=O) groups is 1. The van der Waals surface area contributed by atoms with Crippen LogP contribution in [0.4, 0.5) is 18.9 Å². The standard InChI is InChI=1S/C13H14F3NO2/c1-8-6-17(7-9(8)12(18)19)11-5-3-2-4-10(11)13(14,15)16/h2-5,8-9H,6-7H2,1H3,(H,18,19)/t8-,9-/m1/s1. The molecule has 1 heterocycles.